The fourth-order valence-corrected chi connectivity index (χ4v) is 2.31. The molecule has 0 amide bonds. The number of aryl methyl sites for hydroxylation is 2. The van der Waals surface area contributed by atoms with Crippen molar-refractivity contribution in [2.45, 2.75) is 12.8 Å². The van der Waals surface area contributed by atoms with E-state index < -0.39 is 0 Å². The van der Waals surface area contributed by atoms with Crippen molar-refractivity contribution in [2.24, 2.45) is 5.18 Å². The second-order valence-electron chi connectivity index (χ2n) is 3.71. The molecule has 14 heavy (non-hydrogen) atoms. The van der Waals surface area contributed by atoms with Crippen LogP contribution in [0, 0.1) is 4.91 Å². The zero-order chi connectivity index (χ0) is 9.54. The predicted octanol–water partition coefficient (Wildman–Crippen LogP) is 3.34. The van der Waals surface area contributed by atoms with Crippen molar-refractivity contribution < 1.29 is 0 Å². The Hall–Kier alpha value is -1.70. The van der Waals surface area contributed by atoms with Crippen molar-refractivity contribution in [3.8, 4) is 0 Å². The number of nitrogens with zero attached hydrogens (tertiary/aromatic N) is 1. The van der Waals surface area contributed by atoms with Gasteiger partial charge in [-0.15, -0.1) is 4.91 Å². The zero-order valence-electron chi connectivity index (χ0n) is 7.66. The van der Waals surface area contributed by atoms with Crippen LogP contribution in [-0.4, -0.2) is 0 Å². The van der Waals surface area contributed by atoms with Gasteiger partial charge in [-0.05, 0) is 52.1 Å². The third-order valence-electron chi connectivity index (χ3n) is 2.90. The summed E-state index contributed by atoms with van der Waals surface area (Å²) in [7, 11) is 0. The number of hydrogen-bond acceptors (Lipinski definition) is 2. The maximum atomic E-state index is 10.5. The molecule has 68 valence electrons. The molecule has 0 heterocycles. The van der Waals surface area contributed by atoms with Crippen LogP contribution >= 0.6 is 0 Å². The summed E-state index contributed by atoms with van der Waals surface area (Å²) in [6.07, 6.45) is 2.13. The van der Waals surface area contributed by atoms with Crippen molar-refractivity contribution in [2.75, 3.05) is 0 Å². The van der Waals surface area contributed by atoms with Gasteiger partial charge in [-0.3, -0.25) is 0 Å². The second kappa shape index (κ2) is 2.64. The average molecular weight is 183 g/mol. The van der Waals surface area contributed by atoms with E-state index in [0.29, 0.717) is 5.69 Å². The topological polar surface area (TPSA) is 29.4 Å². The number of rotatable bonds is 1. The van der Waals surface area contributed by atoms with Gasteiger partial charge in [0.05, 0.1) is 0 Å². The van der Waals surface area contributed by atoms with Crippen LogP contribution in [0.1, 0.15) is 11.1 Å². The molecule has 1 aliphatic carbocycles. The Morgan fingerprint density at radius 3 is 2.79 bits per heavy atom. The van der Waals surface area contributed by atoms with Crippen LogP contribution in [0.15, 0.2) is 35.5 Å². The van der Waals surface area contributed by atoms with Crippen molar-refractivity contribution in [3.63, 3.8) is 0 Å². The van der Waals surface area contributed by atoms with E-state index in [9.17, 15) is 4.91 Å². The molecule has 0 aliphatic heterocycles. The number of benzene rings is 2. The van der Waals surface area contributed by atoms with Crippen molar-refractivity contribution in [1.29, 1.82) is 0 Å². The minimum atomic E-state index is 0.548. The quantitative estimate of drug-likeness (QED) is 0.623. The Morgan fingerprint density at radius 2 is 1.93 bits per heavy atom. The molecule has 2 heteroatoms. The number of nitroso groups, excluding NO2 is 1. The van der Waals surface area contributed by atoms with E-state index >= 15 is 0 Å². The highest BCUT2D eigenvalue weighted by Crippen LogP contribution is 2.33. The van der Waals surface area contributed by atoms with E-state index in [1.54, 1.807) is 0 Å². The summed E-state index contributed by atoms with van der Waals surface area (Å²) in [6, 6.07) is 10.0. The lowest BCUT2D eigenvalue weighted by molar-refractivity contribution is 1.02. The van der Waals surface area contributed by atoms with Gasteiger partial charge in [-0.25, -0.2) is 0 Å². The predicted molar refractivity (Wildman–Crippen MR) is 56.8 cm³/mol. The number of hydrogen-bond donors (Lipinski definition) is 0. The monoisotopic (exact) mass is 183 g/mol. The van der Waals surface area contributed by atoms with Crippen LogP contribution < -0.4 is 0 Å². The van der Waals surface area contributed by atoms with Crippen LogP contribution in [0.25, 0.3) is 10.8 Å². The normalized spacial score (nSPS) is 13.4. The first-order valence-corrected chi connectivity index (χ1v) is 4.76. The Balaban J connectivity index is 2.47. The molecule has 0 spiro atoms. The summed E-state index contributed by atoms with van der Waals surface area (Å²) < 4.78 is 0. The molecule has 0 N–H and O–H groups in total. The highest BCUT2D eigenvalue weighted by atomic mass is 16.3. The van der Waals surface area contributed by atoms with E-state index in [1.807, 2.05) is 24.3 Å². The van der Waals surface area contributed by atoms with Gasteiger partial charge in [0.1, 0.15) is 5.69 Å². The van der Waals surface area contributed by atoms with Crippen LogP contribution in [0.2, 0.25) is 0 Å². The Morgan fingerprint density at radius 1 is 1.07 bits per heavy atom. The van der Waals surface area contributed by atoms with Gasteiger partial charge in [0.25, 0.3) is 0 Å². The lowest BCUT2D eigenvalue weighted by atomic mass is 10.0. The molecule has 2 aromatic carbocycles. The molecule has 3 rings (SSSR count). The van der Waals surface area contributed by atoms with Gasteiger partial charge < -0.3 is 0 Å². The minimum absolute atomic E-state index is 0.548. The van der Waals surface area contributed by atoms with Crippen molar-refractivity contribution in [3.05, 3.63) is 46.4 Å². The fraction of sp³-hybridized carbons (Fsp3) is 0.167. The lowest BCUT2D eigenvalue weighted by Crippen LogP contribution is -1.78. The largest absolute Gasteiger partial charge is 0.145 e. The first-order valence-electron chi connectivity index (χ1n) is 4.76. The van der Waals surface area contributed by atoms with Crippen LogP contribution in [-0.2, 0) is 12.8 Å². The highest BCUT2D eigenvalue weighted by Gasteiger charge is 2.14. The lowest BCUT2D eigenvalue weighted by Gasteiger charge is -2.01. The Kier molecular flexibility index (Phi) is 1.45. The molecule has 0 radical (unpaired) electrons. The third-order valence-corrected chi connectivity index (χ3v) is 2.90. The molecule has 1 aliphatic rings. The van der Waals surface area contributed by atoms with Crippen LogP contribution in [0.5, 0.6) is 0 Å². The van der Waals surface area contributed by atoms with Gasteiger partial charge in [0.15, 0.2) is 0 Å². The van der Waals surface area contributed by atoms with E-state index in [-0.39, 0.29) is 0 Å². The van der Waals surface area contributed by atoms with Crippen LogP contribution in [0.4, 0.5) is 5.69 Å². The van der Waals surface area contributed by atoms with Gasteiger partial charge in [-0.1, -0.05) is 18.2 Å². The first-order chi connectivity index (χ1) is 6.88. The standard InChI is InChI=1S/C12H9NO/c14-13-11-6-9-3-1-2-8-4-5-10(7-11)12(8)9/h1-3,6-7H,4-5H2. The summed E-state index contributed by atoms with van der Waals surface area (Å²) in [6.45, 7) is 0. The molecule has 0 saturated carbocycles. The minimum Gasteiger partial charge on any atom is -0.145 e. The summed E-state index contributed by atoms with van der Waals surface area (Å²) in [5, 5.41) is 5.48. The molecule has 0 fully saturated rings. The molecule has 2 nitrogen and oxygen atoms in total. The SMILES string of the molecule is O=Nc1cc2c3c(cccc3c1)CC2. The van der Waals surface area contributed by atoms with Gasteiger partial charge in [0, 0.05) is 0 Å². The summed E-state index contributed by atoms with van der Waals surface area (Å²) in [4.78, 5) is 10.5. The molecule has 0 atom stereocenters. The van der Waals surface area contributed by atoms with E-state index in [4.69, 9.17) is 0 Å². The second-order valence-corrected chi connectivity index (χ2v) is 3.71. The zero-order valence-corrected chi connectivity index (χ0v) is 7.66. The highest BCUT2D eigenvalue weighted by molar-refractivity contribution is 5.92. The Bertz CT molecular complexity index is 531. The molecule has 0 aromatic heterocycles. The average Bonchev–Trinajstić information content (AvgIpc) is 2.64. The molecule has 0 saturated heterocycles. The van der Waals surface area contributed by atoms with Gasteiger partial charge >= 0.3 is 0 Å². The van der Waals surface area contributed by atoms with E-state index in [2.05, 4.69) is 11.2 Å². The maximum Gasteiger partial charge on any atom is 0.108 e. The smallest absolute Gasteiger partial charge is 0.108 e. The molecular formula is C12H9NO. The third kappa shape index (κ3) is 0.909. The maximum absolute atomic E-state index is 10.5. The summed E-state index contributed by atoms with van der Waals surface area (Å²) in [5.41, 5.74) is 3.22. The van der Waals surface area contributed by atoms with Gasteiger partial charge in [0.2, 0.25) is 0 Å². The van der Waals surface area contributed by atoms with Crippen molar-refractivity contribution in [1.82, 2.24) is 0 Å². The molecule has 2 aromatic rings. The van der Waals surface area contributed by atoms with Gasteiger partial charge in [-0.2, -0.15) is 0 Å². The first kappa shape index (κ1) is 7.68. The van der Waals surface area contributed by atoms with Crippen LogP contribution in [0.3, 0.4) is 0 Å². The van der Waals surface area contributed by atoms with Crippen molar-refractivity contribution >= 4 is 16.5 Å². The van der Waals surface area contributed by atoms with E-state index in [1.165, 1.54) is 16.5 Å². The fourth-order valence-electron chi connectivity index (χ4n) is 2.31. The molecule has 0 bridgehead atoms. The summed E-state index contributed by atoms with van der Waals surface area (Å²) >= 11 is 0. The molecule has 0 unspecified atom stereocenters. The summed E-state index contributed by atoms with van der Waals surface area (Å²) in [5.74, 6) is 0. The molecular weight excluding hydrogens is 174 g/mol. The van der Waals surface area contributed by atoms with E-state index in [0.717, 1.165) is 18.2 Å². The Labute approximate surface area is 81.5 Å².